The number of furan rings is 1. The van der Waals surface area contributed by atoms with Gasteiger partial charge in [-0.1, -0.05) is 30.3 Å². The van der Waals surface area contributed by atoms with Crippen molar-refractivity contribution in [3.05, 3.63) is 65.9 Å². The molecule has 0 unspecified atom stereocenters. The molecule has 0 spiro atoms. The summed E-state index contributed by atoms with van der Waals surface area (Å²) in [6.07, 6.45) is -5.14. The Balaban J connectivity index is 1.66. The fraction of sp³-hybridized carbons (Fsp3) is 0.211. The number of methoxy groups -OCH3 is 1. The monoisotopic (exact) mass is 378 g/mol. The number of rotatable bonds is 5. The van der Waals surface area contributed by atoms with Crippen molar-refractivity contribution in [2.24, 2.45) is 0 Å². The van der Waals surface area contributed by atoms with Gasteiger partial charge in [0.05, 0.1) is 17.8 Å². The largest absolute Gasteiger partial charge is 0.458 e. The molecule has 3 aromatic rings. The predicted molar refractivity (Wildman–Crippen MR) is 94.4 cm³/mol. The first-order valence-electron chi connectivity index (χ1n) is 8.11. The van der Waals surface area contributed by atoms with Crippen LogP contribution in [0.25, 0.3) is 11.0 Å². The minimum Gasteiger partial charge on any atom is -0.458 e. The minimum atomic E-state index is -4.56. The lowest BCUT2D eigenvalue weighted by Crippen LogP contribution is -2.33. The first-order valence-corrected chi connectivity index (χ1v) is 8.11. The van der Waals surface area contributed by atoms with Gasteiger partial charge in [0.25, 0.3) is 0 Å². The molecule has 3 rings (SSSR count). The third kappa shape index (κ3) is 4.40. The number of halogens is 3. The van der Waals surface area contributed by atoms with Crippen LogP contribution >= 0.6 is 0 Å². The van der Waals surface area contributed by atoms with E-state index in [9.17, 15) is 18.0 Å². The van der Waals surface area contributed by atoms with E-state index in [2.05, 4.69) is 10.6 Å². The van der Waals surface area contributed by atoms with Crippen LogP contribution in [0, 0.1) is 0 Å². The smallest absolute Gasteiger partial charge is 0.418 e. The molecule has 0 fully saturated rings. The van der Waals surface area contributed by atoms with E-state index in [0.717, 1.165) is 11.5 Å². The molecule has 1 heterocycles. The van der Waals surface area contributed by atoms with Gasteiger partial charge < -0.3 is 19.8 Å². The van der Waals surface area contributed by atoms with Crippen molar-refractivity contribution in [3.63, 3.8) is 0 Å². The summed E-state index contributed by atoms with van der Waals surface area (Å²) in [4.78, 5) is 12.0. The Morgan fingerprint density at radius 1 is 1.15 bits per heavy atom. The molecule has 1 atom stereocenters. The SMILES string of the molecule is CO[C@@H](CNC(=O)Nc1ccccc1C(F)(F)F)c1cc2ccccc2o1. The molecule has 2 aromatic carbocycles. The van der Waals surface area contributed by atoms with Crippen LogP contribution in [0.3, 0.4) is 0 Å². The van der Waals surface area contributed by atoms with Gasteiger partial charge in [0.1, 0.15) is 17.4 Å². The lowest BCUT2D eigenvalue weighted by atomic mass is 10.1. The van der Waals surface area contributed by atoms with Gasteiger partial charge in [0, 0.05) is 12.5 Å². The Morgan fingerprint density at radius 3 is 2.56 bits per heavy atom. The number of amides is 2. The number of nitrogens with one attached hydrogen (secondary N) is 2. The van der Waals surface area contributed by atoms with E-state index in [1.54, 1.807) is 12.1 Å². The average molecular weight is 378 g/mol. The minimum absolute atomic E-state index is 0.0241. The number of hydrogen-bond acceptors (Lipinski definition) is 3. The van der Waals surface area contributed by atoms with Crippen LogP contribution in [0.2, 0.25) is 0 Å². The molecule has 1 aromatic heterocycles. The lowest BCUT2D eigenvalue weighted by molar-refractivity contribution is -0.136. The van der Waals surface area contributed by atoms with E-state index in [1.807, 2.05) is 18.2 Å². The van der Waals surface area contributed by atoms with Crippen molar-refractivity contribution in [2.45, 2.75) is 12.3 Å². The highest BCUT2D eigenvalue weighted by molar-refractivity contribution is 5.90. The van der Waals surface area contributed by atoms with Gasteiger partial charge in [0.2, 0.25) is 0 Å². The zero-order valence-corrected chi connectivity index (χ0v) is 14.3. The van der Waals surface area contributed by atoms with Crippen molar-refractivity contribution in [1.29, 1.82) is 0 Å². The summed E-state index contributed by atoms with van der Waals surface area (Å²) >= 11 is 0. The quantitative estimate of drug-likeness (QED) is 0.660. The average Bonchev–Trinajstić information content (AvgIpc) is 3.05. The Kier molecular flexibility index (Phi) is 5.36. The van der Waals surface area contributed by atoms with Crippen LogP contribution in [0.5, 0.6) is 0 Å². The van der Waals surface area contributed by atoms with E-state index in [0.29, 0.717) is 11.3 Å². The fourth-order valence-electron chi connectivity index (χ4n) is 2.65. The predicted octanol–water partition coefficient (Wildman–Crippen LogP) is 4.96. The molecule has 142 valence electrons. The van der Waals surface area contributed by atoms with E-state index in [4.69, 9.17) is 9.15 Å². The van der Waals surface area contributed by atoms with Crippen LogP contribution in [0.4, 0.5) is 23.7 Å². The second kappa shape index (κ2) is 7.71. The number of para-hydroxylation sites is 2. The molecular weight excluding hydrogens is 361 g/mol. The van der Waals surface area contributed by atoms with Gasteiger partial charge in [-0.15, -0.1) is 0 Å². The van der Waals surface area contributed by atoms with Crippen molar-refractivity contribution in [3.8, 4) is 0 Å². The van der Waals surface area contributed by atoms with Crippen LogP contribution in [0.15, 0.2) is 59.0 Å². The second-order valence-corrected chi connectivity index (χ2v) is 5.79. The van der Waals surface area contributed by atoms with E-state index < -0.39 is 23.9 Å². The van der Waals surface area contributed by atoms with Crippen LogP contribution in [-0.4, -0.2) is 19.7 Å². The number of urea groups is 1. The van der Waals surface area contributed by atoms with Crippen LogP contribution in [-0.2, 0) is 10.9 Å². The summed E-state index contributed by atoms with van der Waals surface area (Å²) < 4.78 is 50.0. The van der Waals surface area contributed by atoms with Gasteiger partial charge in [-0.25, -0.2) is 4.79 Å². The standard InChI is InChI=1S/C19H17F3N2O3/c1-26-17(16-10-12-6-2-5-9-15(12)27-16)11-23-18(25)24-14-8-4-3-7-13(14)19(20,21)22/h2-10,17H,11H2,1H3,(H2,23,24,25)/t17-/m0/s1. The molecule has 27 heavy (non-hydrogen) atoms. The van der Waals surface area contributed by atoms with Crippen molar-refractivity contribution >= 4 is 22.7 Å². The molecule has 0 saturated carbocycles. The highest BCUT2D eigenvalue weighted by atomic mass is 19.4. The van der Waals surface area contributed by atoms with Crippen LogP contribution < -0.4 is 10.6 Å². The highest BCUT2D eigenvalue weighted by Crippen LogP contribution is 2.34. The summed E-state index contributed by atoms with van der Waals surface area (Å²) in [6, 6.07) is 13.2. The lowest BCUT2D eigenvalue weighted by Gasteiger charge is -2.16. The maximum atomic E-state index is 13.0. The molecule has 0 radical (unpaired) electrons. The molecule has 8 heteroatoms. The number of hydrogen-bond donors (Lipinski definition) is 2. The van der Waals surface area contributed by atoms with Gasteiger partial charge in [-0.05, 0) is 24.3 Å². The number of alkyl halides is 3. The van der Waals surface area contributed by atoms with Gasteiger partial charge >= 0.3 is 12.2 Å². The summed E-state index contributed by atoms with van der Waals surface area (Å²) in [5, 5.41) is 5.61. The van der Waals surface area contributed by atoms with Crippen molar-refractivity contribution in [1.82, 2.24) is 5.32 Å². The number of anilines is 1. The Hall–Kier alpha value is -3.00. The maximum absolute atomic E-state index is 13.0. The summed E-state index contributed by atoms with van der Waals surface area (Å²) in [6.45, 7) is 0.0241. The zero-order valence-electron chi connectivity index (χ0n) is 14.3. The third-order valence-electron chi connectivity index (χ3n) is 3.98. The molecular formula is C19H17F3N2O3. The first-order chi connectivity index (χ1) is 12.9. The summed E-state index contributed by atoms with van der Waals surface area (Å²) in [5.74, 6) is 0.509. The van der Waals surface area contributed by atoms with Gasteiger partial charge in [-0.2, -0.15) is 13.2 Å². The Labute approximate surface area is 153 Å². The molecule has 0 aliphatic carbocycles. The van der Waals surface area contributed by atoms with E-state index >= 15 is 0 Å². The number of ether oxygens (including phenoxy) is 1. The molecule has 2 N–H and O–H groups in total. The summed E-state index contributed by atoms with van der Waals surface area (Å²) in [7, 11) is 1.45. The van der Waals surface area contributed by atoms with Crippen LogP contribution in [0.1, 0.15) is 17.4 Å². The third-order valence-corrected chi connectivity index (χ3v) is 3.98. The first kappa shape index (κ1) is 18.8. The van der Waals surface area contributed by atoms with Gasteiger partial charge in [0.15, 0.2) is 0 Å². The molecule has 0 saturated heterocycles. The fourth-order valence-corrected chi connectivity index (χ4v) is 2.65. The maximum Gasteiger partial charge on any atom is 0.418 e. The normalized spacial score (nSPS) is 12.7. The van der Waals surface area contributed by atoms with Crippen molar-refractivity contribution < 1.29 is 27.1 Å². The number of fused-ring (bicyclic) bond motifs is 1. The van der Waals surface area contributed by atoms with E-state index in [-0.39, 0.29) is 12.2 Å². The number of carbonyl (C=O) groups is 1. The Bertz CT molecular complexity index is 904. The zero-order chi connectivity index (χ0) is 19.4. The Morgan fingerprint density at radius 2 is 1.85 bits per heavy atom. The number of benzene rings is 2. The molecule has 0 aliphatic rings. The molecule has 0 aliphatic heterocycles. The second-order valence-electron chi connectivity index (χ2n) is 5.79. The van der Waals surface area contributed by atoms with Crippen molar-refractivity contribution in [2.75, 3.05) is 19.0 Å². The number of carbonyl (C=O) groups excluding carboxylic acids is 1. The highest BCUT2D eigenvalue weighted by Gasteiger charge is 2.33. The van der Waals surface area contributed by atoms with Gasteiger partial charge in [-0.3, -0.25) is 0 Å². The topological polar surface area (TPSA) is 63.5 Å². The molecule has 5 nitrogen and oxygen atoms in total. The van der Waals surface area contributed by atoms with E-state index in [1.165, 1.54) is 25.3 Å². The molecule has 2 amide bonds. The summed E-state index contributed by atoms with van der Waals surface area (Å²) in [5.41, 5.74) is -0.556. The molecule has 0 bridgehead atoms.